The van der Waals surface area contributed by atoms with Crippen LogP contribution < -0.4 is 10.1 Å². The van der Waals surface area contributed by atoms with Crippen LogP contribution in [0.1, 0.15) is 22.2 Å². The molecule has 19 heavy (non-hydrogen) atoms. The topological polar surface area (TPSA) is 38.3 Å². The number of carbonyl (C=O) groups excluding carboxylic acids is 1. The van der Waals surface area contributed by atoms with Gasteiger partial charge in [0.2, 0.25) is 0 Å². The van der Waals surface area contributed by atoms with Crippen LogP contribution in [0.3, 0.4) is 0 Å². The molecule has 0 fully saturated rings. The first kappa shape index (κ1) is 13.6. The molecule has 2 aromatic rings. The molecule has 0 radical (unpaired) electrons. The Morgan fingerprint density at radius 1 is 1.26 bits per heavy atom. The van der Waals surface area contributed by atoms with E-state index in [0.717, 1.165) is 17.0 Å². The fourth-order valence-corrected chi connectivity index (χ4v) is 2.37. The quantitative estimate of drug-likeness (QED) is 0.879. The van der Waals surface area contributed by atoms with Gasteiger partial charge in [-0.25, -0.2) is 0 Å². The molecule has 2 rings (SSSR count). The summed E-state index contributed by atoms with van der Waals surface area (Å²) >= 11 is 1.46. The average molecular weight is 275 g/mol. The predicted molar refractivity (Wildman–Crippen MR) is 78.0 cm³/mol. The highest BCUT2D eigenvalue weighted by Crippen LogP contribution is 2.12. The van der Waals surface area contributed by atoms with Crippen LogP contribution in [0.15, 0.2) is 41.8 Å². The molecule has 100 valence electrons. The molecule has 0 aliphatic heterocycles. The van der Waals surface area contributed by atoms with Gasteiger partial charge in [-0.15, -0.1) is 11.3 Å². The minimum absolute atomic E-state index is 0.000867. The molecule has 0 saturated heterocycles. The van der Waals surface area contributed by atoms with Crippen molar-refractivity contribution in [2.45, 2.75) is 13.3 Å². The van der Waals surface area contributed by atoms with Crippen LogP contribution in [0.5, 0.6) is 5.75 Å². The first-order valence-corrected chi connectivity index (χ1v) is 7.21. The number of hydrogen-bond donors (Lipinski definition) is 1. The lowest BCUT2D eigenvalue weighted by Gasteiger charge is -2.06. The molecule has 1 aromatic carbocycles. The van der Waals surface area contributed by atoms with Crippen molar-refractivity contribution in [3.63, 3.8) is 0 Å². The van der Waals surface area contributed by atoms with Gasteiger partial charge >= 0.3 is 0 Å². The molecule has 1 amide bonds. The predicted octanol–water partition coefficient (Wildman–Crippen LogP) is 3.12. The van der Waals surface area contributed by atoms with Crippen molar-refractivity contribution in [1.29, 1.82) is 0 Å². The van der Waals surface area contributed by atoms with Crippen LogP contribution >= 0.6 is 11.3 Å². The van der Waals surface area contributed by atoms with E-state index in [0.29, 0.717) is 13.2 Å². The van der Waals surface area contributed by atoms with Gasteiger partial charge < -0.3 is 10.1 Å². The Morgan fingerprint density at radius 3 is 2.68 bits per heavy atom. The maximum Gasteiger partial charge on any atom is 0.261 e. The van der Waals surface area contributed by atoms with Crippen molar-refractivity contribution in [3.8, 4) is 5.75 Å². The van der Waals surface area contributed by atoms with Gasteiger partial charge in [0.1, 0.15) is 5.75 Å². The highest BCUT2D eigenvalue weighted by Gasteiger charge is 2.04. The molecule has 0 bridgehead atoms. The third-order valence-corrected chi connectivity index (χ3v) is 3.55. The number of benzene rings is 1. The Kier molecular flexibility index (Phi) is 4.98. The van der Waals surface area contributed by atoms with Crippen molar-refractivity contribution in [3.05, 3.63) is 52.2 Å². The summed E-state index contributed by atoms with van der Waals surface area (Å²) in [6.07, 6.45) is 0.823. The Bertz CT molecular complexity index is 505. The van der Waals surface area contributed by atoms with Gasteiger partial charge in [-0.05, 0) is 42.5 Å². The van der Waals surface area contributed by atoms with E-state index in [1.165, 1.54) is 16.9 Å². The second-order valence-electron chi connectivity index (χ2n) is 4.06. The molecule has 0 spiro atoms. The molecule has 1 heterocycles. The number of nitrogens with one attached hydrogen (secondary N) is 1. The number of thiophene rings is 1. The van der Waals surface area contributed by atoms with Gasteiger partial charge in [0.25, 0.3) is 5.91 Å². The van der Waals surface area contributed by atoms with E-state index in [1.807, 2.05) is 48.7 Å². The summed E-state index contributed by atoms with van der Waals surface area (Å²) in [6.45, 7) is 3.29. The van der Waals surface area contributed by atoms with E-state index in [1.54, 1.807) is 0 Å². The smallest absolute Gasteiger partial charge is 0.261 e. The summed E-state index contributed by atoms with van der Waals surface area (Å²) in [5.41, 5.74) is 1.19. The third kappa shape index (κ3) is 4.10. The number of amides is 1. The Balaban J connectivity index is 1.78. The number of carbonyl (C=O) groups is 1. The molecule has 1 N–H and O–H groups in total. The average Bonchev–Trinajstić information content (AvgIpc) is 2.95. The van der Waals surface area contributed by atoms with Crippen LogP contribution in [0.2, 0.25) is 0 Å². The van der Waals surface area contributed by atoms with Gasteiger partial charge in [-0.2, -0.15) is 0 Å². The summed E-state index contributed by atoms with van der Waals surface area (Å²) in [4.78, 5) is 12.5. The zero-order valence-corrected chi connectivity index (χ0v) is 11.7. The van der Waals surface area contributed by atoms with Crippen LogP contribution in [-0.4, -0.2) is 19.1 Å². The van der Waals surface area contributed by atoms with Crippen molar-refractivity contribution < 1.29 is 9.53 Å². The van der Waals surface area contributed by atoms with Gasteiger partial charge in [0, 0.05) is 6.54 Å². The maximum absolute atomic E-state index is 11.7. The SMILES string of the molecule is CCOc1ccc(CCNC(=O)c2cccs2)cc1. The molecule has 4 heteroatoms. The minimum Gasteiger partial charge on any atom is -0.494 e. The van der Waals surface area contributed by atoms with Gasteiger partial charge in [-0.1, -0.05) is 18.2 Å². The van der Waals surface area contributed by atoms with Gasteiger partial charge in [-0.3, -0.25) is 4.79 Å². The number of rotatable bonds is 6. The number of hydrogen-bond acceptors (Lipinski definition) is 3. The fraction of sp³-hybridized carbons (Fsp3) is 0.267. The minimum atomic E-state index is 0.000867. The first-order valence-electron chi connectivity index (χ1n) is 6.33. The number of ether oxygens (including phenoxy) is 1. The van der Waals surface area contributed by atoms with E-state index >= 15 is 0 Å². The summed E-state index contributed by atoms with van der Waals surface area (Å²) in [5.74, 6) is 0.884. The van der Waals surface area contributed by atoms with E-state index in [9.17, 15) is 4.79 Å². The van der Waals surface area contributed by atoms with Crippen molar-refractivity contribution in [2.75, 3.05) is 13.2 Å². The van der Waals surface area contributed by atoms with Crippen molar-refractivity contribution >= 4 is 17.2 Å². The maximum atomic E-state index is 11.7. The lowest BCUT2D eigenvalue weighted by molar-refractivity contribution is 0.0958. The van der Waals surface area contributed by atoms with Gasteiger partial charge in [0.05, 0.1) is 11.5 Å². The monoisotopic (exact) mass is 275 g/mol. The summed E-state index contributed by atoms with van der Waals surface area (Å²) in [6, 6.07) is 11.7. The zero-order valence-electron chi connectivity index (χ0n) is 10.9. The van der Waals surface area contributed by atoms with Crippen LogP contribution in [-0.2, 0) is 6.42 Å². The molecule has 0 unspecified atom stereocenters. The first-order chi connectivity index (χ1) is 9.29. The van der Waals surface area contributed by atoms with E-state index in [2.05, 4.69) is 5.32 Å². The van der Waals surface area contributed by atoms with E-state index in [4.69, 9.17) is 4.74 Å². The summed E-state index contributed by atoms with van der Waals surface area (Å²) in [7, 11) is 0. The molecular formula is C15H17NO2S. The van der Waals surface area contributed by atoms with Crippen LogP contribution in [0, 0.1) is 0 Å². The van der Waals surface area contributed by atoms with Gasteiger partial charge in [0.15, 0.2) is 0 Å². The summed E-state index contributed by atoms with van der Waals surface area (Å²) < 4.78 is 5.38. The largest absolute Gasteiger partial charge is 0.494 e. The fourth-order valence-electron chi connectivity index (χ4n) is 1.73. The van der Waals surface area contributed by atoms with Crippen molar-refractivity contribution in [2.24, 2.45) is 0 Å². The highest BCUT2D eigenvalue weighted by molar-refractivity contribution is 7.12. The lowest BCUT2D eigenvalue weighted by atomic mass is 10.1. The van der Waals surface area contributed by atoms with Crippen LogP contribution in [0.4, 0.5) is 0 Å². The zero-order chi connectivity index (χ0) is 13.5. The Hall–Kier alpha value is -1.81. The molecule has 0 aliphatic rings. The second-order valence-corrected chi connectivity index (χ2v) is 5.01. The molecule has 0 aliphatic carbocycles. The normalized spacial score (nSPS) is 10.2. The molecule has 0 saturated carbocycles. The summed E-state index contributed by atoms with van der Waals surface area (Å²) in [5, 5.41) is 4.82. The van der Waals surface area contributed by atoms with E-state index in [-0.39, 0.29) is 5.91 Å². The Morgan fingerprint density at radius 2 is 2.05 bits per heavy atom. The molecular weight excluding hydrogens is 258 g/mol. The molecule has 0 atom stereocenters. The van der Waals surface area contributed by atoms with E-state index < -0.39 is 0 Å². The highest BCUT2D eigenvalue weighted by atomic mass is 32.1. The lowest BCUT2D eigenvalue weighted by Crippen LogP contribution is -2.24. The molecule has 1 aromatic heterocycles. The van der Waals surface area contributed by atoms with Crippen molar-refractivity contribution in [1.82, 2.24) is 5.32 Å². The Labute approximate surface area is 117 Å². The third-order valence-electron chi connectivity index (χ3n) is 2.68. The molecule has 3 nitrogen and oxygen atoms in total. The standard InChI is InChI=1S/C15H17NO2S/c1-2-18-13-7-5-12(6-8-13)9-10-16-15(17)14-4-3-11-19-14/h3-8,11H,2,9-10H2,1H3,(H,16,17). The second kappa shape index (κ2) is 6.95. The van der Waals surface area contributed by atoms with Crippen LogP contribution in [0.25, 0.3) is 0 Å².